The summed E-state index contributed by atoms with van der Waals surface area (Å²) in [5.74, 6) is 0.00450. The Labute approximate surface area is 161 Å². The third kappa shape index (κ3) is 3.50. The Morgan fingerprint density at radius 1 is 1.14 bits per heavy atom. The lowest BCUT2D eigenvalue weighted by Gasteiger charge is -2.29. The van der Waals surface area contributed by atoms with Gasteiger partial charge in [0.1, 0.15) is 5.75 Å². The zero-order valence-corrected chi connectivity index (χ0v) is 14.9. The molecule has 0 saturated heterocycles. The first-order valence-electron chi connectivity index (χ1n) is 8.79. The number of hydrogen-bond acceptors (Lipinski definition) is 5. The average molecular weight is 374 g/mol. The lowest BCUT2D eigenvalue weighted by molar-refractivity contribution is -0.117. The van der Waals surface area contributed by atoms with Crippen molar-refractivity contribution in [3.05, 3.63) is 78.0 Å². The lowest BCUT2D eigenvalue weighted by atomic mass is 10.1. The number of para-hydroxylation sites is 2. The molecule has 1 aromatic heterocycles. The van der Waals surface area contributed by atoms with Crippen LogP contribution in [0.2, 0.25) is 0 Å². The summed E-state index contributed by atoms with van der Waals surface area (Å²) in [6, 6.07) is 17.7. The number of pyridine rings is 1. The van der Waals surface area contributed by atoms with E-state index in [9.17, 15) is 14.7 Å². The van der Waals surface area contributed by atoms with Crippen LogP contribution in [0.15, 0.2) is 66.9 Å². The fraction of sp³-hybridized carbons (Fsp3) is 0.0952. The molecular formula is C21H18N4O3. The highest BCUT2D eigenvalue weighted by Crippen LogP contribution is 2.30. The second-order valence-corrected chi connectivity index (χ2v) is 6.38. The fourth-order valence-corrected chi connectivity index (χ4v) is 3.02. The van der Waals surface area contributed by atoms with Crippen molar-refractivity contribution < 1.29 is 14.7 Å². The molecule has 7 heteroatoms. The molecule has 2 heterocycles. The summed E-state index contributed by atoms with van der Waals surface area (Å²) >= 11 is 0. The summed E-state index contributed by atoms with van der Waals surface area (Å²) in [6.07, 6.45) is 1.44. The molecule has 1 aliphatic heterocycles. The Morgan fingerprint density at radius 2 is 1.89 bits per heavy atom. The fourth-order valence-electron chi connectivity index (χ4n) is 3.02. The van der Waals surface area contributed by atoms with Crippen molar-refractivity contribution in [2.75, 3.05) is 22.1 Å². The number of fused-ring (bicyclic) bond motifs is 1. The van der Waals surface area contributed by atoms with Gasteiger partial charge in [0, 0.05) is 6.20 Å². The summed E-state index contributed by atoms with van der Waals surface area (Å²) < 4.78 is 0. The van der Waals surface area contributed by atoms with E-state index in [4.69, 9.17) is 0 Å². The number of nitrogens with one attached hydrogen (secondary N) is 2. The highest BCUT2D eigenvalue weighted by Gasteiger charge is 2.26. The van der Waals surface area contributed by atoms with Crippen LogP contribution in [0.1, 0.15) is 15.9 Å². The van der Waals surface area contributed by atoms with Gasteiger partial charge in [0.2, 0.25) is 5.91 Å². The van der Waals surface area contributed by atoms with Crippen molar-refractivity contribution in [3.63, 3.8) is 0 Å². The lowest BCUT2D eigenvalue weighted by Crippen LogP contribution is -2.40. The highest BCUT2D eigenvalue weighted by atomic mass is 16.3. The second kappa shape index (κ2) is 7.40. The quantitative estimate of drug-likeness (QED) is 0.610. The van der Waals surface area contributed by atoms with Crippen LogP contribution in [-0.2, 0) is 11.3 Å². The summed E-state index contributed by atoms with van der Waals surface area (Å²) in [4.78, 5) is 31.0. The molecule has 4 rings (SSSR count). The minimum absolute atomic E-state index is 0.0238. The number of amides is 2. The Morgan fingerprint density at radius 3 is 2.68 bits per heavy atom. The van der Waals surface area contributed by atoms with Gasteiger partial charge in [-0.05, 0) is 23.8 Å². The molecule has 2 aromatic carbocycles. The van der Waals surface area contributed by atoms with Gasteiger partial charge in [-0.25, -0.2) is 4.98 Å². The third-order valence-electron chi connectivity index (χ3n) is 4.46. The van der Waals surface area contributed by atoms with Crippen LogP contribution in [0.25, 0.3) is 0 Å². The van der Waals surface area contributed by atoms with Crippen molar-refractivity contribution in [3.8, 4) is 5.75 Å². The van der Waals surface area contributed by atoms with Gasteiger partial charge in [0.25, 0.3) is 5.91 Å². The highest BCUT2D eigenvalue weighted by molar-refractivity contribution is 6.08. The van der Waals surface area contributed by atoms with Crippen LogP contribution in [-0.4, -0.2) is 28.4 Å². The molecule has 28 heavy (non-hydrogen) atoms. The third-order valence-corrected chi connectivity index (χ3v) is 4.46. The molecule has 3 N–H and O–H groups in total. The number of benzene rings is 2. The van der Waals surface area contributed by atoms with Crippen LogP contribution in [0.4, 0.5) is 17.2 Å². The molecule has 7 nitrogen and oxygen atoms in total. The van der Waals surface area contributed by atoms with Gasteiger partial charge in [-0.15, -0.1) is 0 Å². The van der Waals surface area contributed by atoms with Gasteiger partial charge in [-0.1, -0.05) is 42.5 Å². The normalized spacial score (nSPS) is 12.9. The van der Waals surface area contributed by atoms with E-state index in [1.165, 1.54) is 12.3 Å². The number of carbonyl (C=O) groups excluding carboxylic acids is 2. The van der Waals surface area contributed by atoms with Gasteiger partial charge >= 0.3 is 0 Å². The molecule has 0 fully saturated rings. The zero-order chi connectivity index (χ0) is 19.5. The predicted octanol–water partition coefficient (Wildman–Crippen LogP) is 3.00. The average Bonchev–Trinajstić information content (AvgIpc) is 2.72. The first-order valence-corrected chi connectivity index (χ1v) is 8.79. The largest absolute Gasteiger partial charge is 0.506 e. The van der Waals surface area contributed by atoms with Crippen LogP contribution >= 0.6 is 0 Å². The van der Waals surface area contributed by atoms with Crippen molar-refractivity contribution in [2.24, 2.45) is 0 Å². The topological polar surface area (TPSA) is 94.6 Å². The minimum Gasteiger partial charge on any atom is -0.506 e. The summed E-state index contributed by atoms with van der Waals surface area (Å²) in [7, 11) is 0. The molecule has 140 valence electrons. The van der Waals surface area contributed by atoms with E-state index in [2.05, 4.69) is 15.6 Å². The van der Waals surface area contributed by atoms with E-state index in [0.717, 1.165) is 5.56 Å². The Hall–Kier alpha value is -3.87. The molecule has 3 aromatic rings. The SMILES string of the molecule is O=C(Nc1ccccc1O)c1cnc2c(c1)N(Cc1ccccc1)C(=O)CN2. The number of carbonyl (C=O) groups is 2. The smallest absolute Gasteiger partial charge is 0.257 e. The van der Waals surface area contributed by atoms with Gasteiger partial charge < -0.3 is 20.6 Å². The Kier molecular flexibility index (Phi) is 4.63. The van der Waals surface area contributed by atoms with Crippen LogP contribution < -0.4 is 15.5 Å². The molecule has 0 unspecified atom stereocenters. The number of anilines is 3. The van der Waals surface area contributed by atoms with E-state index in [1.807, 2.05) is 30.3 Å². The Bertz CT molecular complexity index is 1040. The number of hydrogen-bond donors (Lipinski definition) is 3. The molecule has 0 bridgehead atoms. The van der Waals surface area contributed by atoms with Crippen molar-refractivity contribution in [1.29, 1.82) is 0 Å². The maximum absolute atomic E-state index is 12.6. The Balaban J connectivity index is 1.63. The van der Waals surface area contributed by atoms with Gasteiger partial charge in [0.05, 0.1) is 30.0 Å². The number of aromatic hydroxyl groups is 1. The monoisotopic (exact) mass is 374 g/mol. The van der Waals surface area contributed by atoms with Gasteiger partial charge in [-0.2, -0.15) is 0 Å². The standard InChI is InChI=1S/C21H18N4O3/c26-18-9-5-4-8-16(18)24-21(28)15-10-17-20(22-11-15)23-12-19(27)25(17)13-14-6-2-1-3-7-14/h1-11,26H,12-13H2,(H,22,23)(H,24,28). The van der Waals surface area contributed by atoms with E-state index in [-0.39, 0.29) is 23.8 Å². The summed E-state index contributed by atoms with van der Waals surface area (Å²) in [6.45, 7) is 0.539. The van der Waals surface area contributed by atoms with Crippen LogP contribution in [0.3, 0.4) is 0 Å². The molecule has 0 atom stereocenters. The van der Waals surface area contributed by atoms with Gasteiger partial charge in [-0.3, -0.25) is 9.59 Å². The molecule has 0 saturated carbocycles. The molecule has 2 amide bonds. The van der Waals surface area contributed by atoms with E-state index in [0.29, 0.717) is 23.7 Å². The minimum atomic E-state index is -0.422. The molecule has 0 aliphatic carbocycles. The maximum atomic E-state index is 12.6. The van der Waals surface area contributed by atoms with Crippen LogP contribution in [0.5, 0.6) is 5.75 Å². The molecule has 0 spiro atoms. The zero-order valence-electron chi connectivity index (χ0n) is 14.9. The first kappa shape index (κ1) is 17.5. The van der Waals surface area contributed by atoms with Crippen LogP contribution in [0, 0.1) is 0 Å². The first-order chi connectivity index (χ1) is 13.6. The van der Waals surface area contributed by atoms with Crippen molar-refractivity contribution in [2.45, 2.75) is 6.54 Å². The van der Waals surface area contributed by atoms with Gasteiger partial charge in [0.15, 0.2) is 5.82 Å². The van der Waals surface area contributed by atoms with E-state index in [1.54, 1.807) is 29.2 Å². The van der Waals surface area contributed by atoms with E-state index < -0.39 is 5.91 Å². The number of rotatable bonds is 4. The molecular weight excluding hydrogens is 356 g/mol. The summed E-state index contributed by atoms with van der Waals surface area (Å²) in [5, 5.41) is 15.5. The number of aromatic nitrogens is 1. The number of phenols is 1. The second-order valence-electron chi connectivity index (χ2n) is 6.38. The maximum Gasteiger partial charge on any atom is 0.257 e. The van der Waals surface area contributed by atoms with Crippen molar-refractivity contribution >= 4 is 29.0 Å². The number of phenolic OH excluding ortho intramolecular Hbond substituents is 1. The number of nitrogens with zero attached hydrogens (tertiary/aromatic N) is 2. The molecule has 0 radical (unpaired) electrons. The van der Waals surface area contributed by atoms with Crippen molar-refractivity contribution in [1.82, 2.24) is 4.98 Å². The predicted molar refractivity (Wildman–Crippen MR) is 106 cm³/mol. The van der Waals surface area contributed by atoms with E-state index >= 15 is 0 Å². The summed E-state index contributed by atoms with van der Waals surface area (Å²) in [5.41, 5.74) is 2.12. The molecule has 1 aliphatic rings.